The maximum Gasteiger partial charge on any atom is 0.148 e. The van der Waals surface area contributed by atoms with Crippen LogP contribution in [0.1, 0.15) is 23.2 Å². The molecule has 1 N–H and O–H groups in total. The van der Waals surface area contributed by atoms with Crippen LogP contribution in [0.4, 0.5) is 5.82 Å². The fourth-order valence-corrected chi connectivity index (χ4v) is 2.13. The highest BCUT2D eigenvalue weighted by atomic mass is 15.0. The first-order valence-electron chi connectivity index (χ1n) is 5.76. The number of aromatic nitrogens is 2. The molecule has 1 aromatic heterocycles. The zero-order chi connectivity index (χ0) is 11.1. The molecule has 0 aliphatic carbocycles. The zero-order valence-electron chi connectivity index (χ0n) is 9.67. The topological polar surface area (TPSA) is 37.8 Å². The van der Waals surface area contributed by atoms with Crippen molar-refractivity contribution in [1.82, 2.24) is 9.97 Å². The van der Waals surface area contributed by atoms with Gasteiger partial charge in [0.05, 0.1) is 16.7 Å². The van der Waals surface area contributed by atoms with Crippen LogP contribution in [0.3, 0.4) is 0 Å². The van der Waals surface area contributed by atoms with Gasteiger partial charge in [0.25, 0.3) is 0 Å². The van der Waals surface area contributed by atoms with Gasteiger partial charge in [-0.25, -0.2) is 9.97 Å². The van der Waals surface area contributed by atoms with Crippen LogP contribution in [0.2, 0.25) is 0 Å². The second kappa shape index (κ2) is 3.44. The van der Waals surface area contributed by atoms with E-state index in [1.54, 1.807) is 0 Å². The van der Waals surface area contributed by atoms with Crippen molar-refractivity contribution in [2.24, 2.45) is 0 Å². The Morgan fingerprint density at radius 2 is 1.75 bits per heavy atom. The minimum atomic E-state index is 0.974. The number of rotatable bonds is 0. The SMILES string of the molecule is Cc1cc2nc3c(nc2cc1C)NCCC3. The molecule has 2 heterocycles. The van der Waals surface area contributed by atoms with Crippen molar-refractivity contribution in [2.75, 3.05) is 11.9 Å². The summed E-state index contributed by atoms with van der Waals surface area (Å²) in [6, 6.07) is 4.25. The molecule has 0 saturated heterocycles. The fourth-order valence-electron chi connectivity index (χ4n) is 2.13. The van der Waals surface area contributed by atoms with E-state index in [0.29, 0.717) is 0 Å². The second-order valence-electron chi connectivity index (χ2n) is 4.47. The lowest BCUT2D eigenvalue weighted by atomic mass is 10.1. The molecule has 0 fully saturated rings. The molecular weight excluding hydrogens is 198 g/mol. The Hall–Kier alpha value is -1.64. The van der Waals surface area contributed by atoms with Crippen LogP contribution < -0.4 is 5.32 Å². The number of hydrogen-bond acceptors (Lipinski definition) is 3. The van der Waals surface area contributed by atoms with Gasteiger partial charge >= 0.3 is 0 Å². The summed E-state index contributed by atoms with van der Waals surface area (Å²) >= 11 is 0. The van der Waals surface area contributed by atoms with Crippen LogP contribution in [0, 0.1) is 13.8 Å². The molecule has 0 radical (unpaired) electrons. The van der Waals surface area contributed by atoms with Gasteiger partial charge in [-0.15, -0.1) is 0 Å². The second-order valence-corrected chi connectivity index (χ2v) is 4.47. The first kappa shape index (κ1) is 9.58. The van der Waals surface area contributed by atoms with Crippen molar-refractivity contribution >= 4 is 16.9 Å². The third-order valence-corrected chi connectivity index (χ3v) is 3.23. The minimum Gasteiger partial charge on any atom is -0.369 e. The van der Waals surface area contributed by atoms with Crippen LogP contribution in [0.25, 0.3) is 11.0 Å². The predicted molar refractivity (Wildman–Crippen MR) is 65.8 cm³/mol. The molecule has 0 saturated carbocycles. The minimum absolute atomic E-state index is 0.974. The molecule has 3 heteroatoms. The van der Waals surface area contributed by atoms with Gasteiger partial charge < -0.3 is 5.32 Å². The van der Waals surface area contributed by atoms with E-state index in [1.165, 1.54) is 11.1 Å². The molecule has 2 aromatic rings. The lowest BCUT2D eigenvalue weighted by Crippen LogP contribution is -2.14. The average Bonchev–Trinajstić information content (AvgIpc) is 2.28. The normalized spacial score (nSPS) is 14.6. The average molecular weight is 213 g/mol. The molecule has 0 amide bonds. The highest BCUT2D eigenvalue weighted by Crippen LogP contribution is 2.23. The van der Waals surface area contributed by atoms with Crippen LogP contribution in [-0.4, -0.2) is 16.5 Å². The first-order chi connectivity index (χ1) is 7.74. The lowest BCUT2D eigenvalue weighted by Gasteiger charge is -2.16. The lowest BCUT2D eigenvalue weighted by molar-refractivity contribution is 0.795. The van der Waals surface area contributed by atoms with Gasteiger partial charge in [0.15, 0.2) is 0 Å². The van der Waals surface area contributed by atoms with E-state index in [2.05, 4.69) is 36.3 Å². The van der Waals surface area contributed by atoms with Crippen molar-refractivity contribution in [3.8, 4) is 0 Å². The van der Waals surface area contributed by atoms with E-state index < -0.39 is 0 Å². The quantitative estimate of drug-likeness (QED) is 0.731. The molecule has 82 valence electrons. The molecule has 3 nitrogen and oxygen atoms in total. The van der Waals surface area contributed by atoms with Crippen LogP contribution in [0.5, 0.6) is 0 Å². The smallest absolute Gasteiger partial charge is 0.148 e. The van der Waals surface area contributed by atoms with E-state index in [-0.39, 0.29) is 0 Å². The van der Waals surface area contributed by atoms with Crippen LogP contribution >= 0.6 is 0 Å². The zero-order valence-corrected chi connectivity index (χ0v) is 9.67. The largest absolute Gasteiger partial charge is 0.369 e. The molecule has 1 aromatic carbocycles. The number of hydrogen-bond donors (Lipinski definition) is 1. The van der Waals surface area contributed by atoms with Gasteiger partial charge in [-0.05, 0) is 49.9 Å². The molecule has 3 rings (SSSR count). The highest BCUT2D eigenvalue weighted by Gasteiger charge is 2.12. The Bertz CT molecular complexity index is 510. The Morgan fingerprint density at radius 1 is 1.06 bits per heavy atom. The van der Waals surface area contributed by atoms with Gasteiger partial charge in [0.2, 0.25) is 0 Å². The molecule has 0 unspecified atom stereocenters. The summed E-state index contributed by atoms with van der Waals surface area (Å²) in [5.74, 6) is 0.974. The Morgan fingerprint density at radius 3 is 2.50 bits per heavy atom. The van der Waals surface area contributed by atoms with E-state index in [9.17, 15) is 0 Å². The standard InChI is InChI=1S/C13H15N3/c1-8-6-11-12(7-9(8)2)16-13-10(15-11)4-3-5-14-13/h6-7H,3-5H2,1-2H3,(H,14,16). The summed E-state index contributed by atoms with van der Waals surface area (Å²) in [5.41, 5.74) is 5.69. The summed E-state index contributed by atoms with van der Waals surface area (Å²) in [6.45, 7) is 5.25. The molecule has 1 aliphatic heterocycles. The maximum absolute atomic E-state index is 4.69. The van der Waals surface area contributed by atoms with Crippen molar-refractivity contribution in [1.29, 1.82) is 0 Å². The maximum atomic E-state index is 4.69. The van der Waals surface area contributed by atoms with Crippen molar-refractivity contribution in [3.63, 3.8) is 0 Å². The van der Waals surface area contributed by atoms with Crippen LogP contribution in [-0.2, 0) is 6.42 Å². The van der Waals surface area contributed by atoms with Crippen LogP contribution in [0.15, 0.2) is 12.1 Å². The number of benzene rings is 1. The summed E-state index contributed by atoms with van der Waals surface area (Å²) in [7, 11) is 0. The number of nitrogens with one attached hydrogen (secondary N) is 1. The van der Waals surface area contributed by atoms with E-state index in [1.807, 2.05) is 0 Å². The molecule has 0 bridgehead atoms. The van der Waals surface area contributed by atoms with Crippen molar-refractivity contribution in [2.45, 2.75) is 26.7 Å². The molecule has 1 aliphatic rings. The number of aryl methyl sites for hydroxylation is 3. The van der Waals surface area contributed by atoms with E-state index in [0.717, 1.165) is 41.9 Å². The van der Waals surface area contributed by atoms with Gasteiger partial charge in [-0.1, -0.05) is 0 Å². The third kappa shape index (κ3) is 1.43. The van der Waals surface area contributed by atoms with E-state index in [4.69, 9.17) is 4.98 Å². The predicted octanol–water partition coefficient (Wildman–Crippen LogP) is 2.60. The number of nitrogens with zero attached hydrogens (tertiary/aromatic N) is 2. The Balaban J connectivity index is 2.27. The molecule has 16 heavy (non-hydrogen) atoms. The summed E-state index contributed by atoms with van der Waals surface area (Å²) < 4.78 is 0. The summed E-state index contributed by atoms with van der Waals surface area (Å²) in [5, 5.41) is 3.32. The highest BCUT2D eigenvalue weighted by molar-refractivity contribution is 5.78. The molecular formula is C13H15N3. The van der Waals surface area contributed by atoms with Gasteiger partial charge in [-0.2, -0.15) is 0 Å². The van der Waals surface area contributed by atoms with Crippen molar-refractivity contribution < 1.29 is 0 Å². The molecule has 0 atom stereocenters. The van der Waals surface area contributed by atoms with Gasteiger partial charge in [0, 0.05) is 6.54 Å². The fraction of sp³-hybridized carbons (Fsp3) is 0.385. The first-order valence-corrected chi connectivity index (χ1v) is 5.76. The number of anilines is 1. The molecule has 0 spiro atoms. The monoisotopic (exact) mass is 213 g/mol. The van der Waals surface area contributed by atoms with Crippen molar-refractivity contribution in [3.05, 3.63) is 29.0 Å². The Labute approximate surface area is 94.9 Å². The van der Waals surface area contributed by atoms with Gasteiger partial charge in [0.1, 0.15) is 5.82 Å². The third-order valence-electron chi connectivity index (χ3n) is 3.23. The summed E-state index contributed by atoms with van der Waals surface area (Å²) in [6.07, 6.45) is 2.19. The van der Waals surface area contributed by atoms with Gasteiger partial charge in [-0.3, -0.25) is 0 Å². The number of fused-ring (bicyclic) bond motifs is 2. The summed E-state index contributed by atoms with van der Waals surface area (Å²) in [4.78, 5) is 9.34. The van der Waals surface area contributed by atoms with E-state index >= 15 is 0 Å². The Kier molecular flexibility index (Phi) is 2.06.